The van der Waals surface area contributed by atoms with Crippen LogP contribution in [0.3, 0.4) is 0 Å². The van der Waals surface area contributed by atoms with Gasteiger partial charge in [-0.1, -0.05) is 54.6 Å². The minimum Gasteiger partial charge on any atom is -0.453 e. The Balaban J connectivity index is 1.36. The van der Waals surface area contributed by atoms with Gasteiger partial charge in [0.25, 0.3) is 0 Å². The number of amides is 1. The molecular formula is C24H24N6O2. The number of hydrogen-bond acceptors (Lipinski definition) is 7. The van der Waals surface area contributed by atoms with Gasteiger partial charge in [-0.3, -0.25) is 5.32 Å². The molecule has 8 heteroatoms. The van der Waals surface area contributed by atoms with Crippen LogP contribution >= 0.6 is 0 Å². The number of rotatable bonds is 8. The zero-order valence-electron chi connectivity index (χ0n) is 17.7. The first-order valence-corrected chi connectivity index (χ1v) is 10.3. The summed E-state index contributed by atoms with van der Waals surface area (Å²) >= 11 is 0. The molecule has 2 aromatic heterocycles. The molecule has 0 saturated heterocycles. The van der Waals surface area contributed by atoms with Crippen LogP contribution in [0.25, 0.3) is 10.8 Å². The summed E-state index contributed by atoms with van der Waals surface area (Å²) in [5.41, 5.74) is 2.73. The molecule has 0 bridgehead atoms. The molecule has 2 heterocycles. The highest BCUT2D eigenvalue weighted by Crippen LogP contribution is 2.24. The van der Waals surface area contributed by atoms with Gasteiger partial charge in [-0.15, -0.1) is 5.10 Å². The third-order valence-corrected chi connectivity index (χ3v) is 4.90. The second kappa shape index (κ2) is 10.2. The van der Waals surface area contributed by atoms with E-state index >= 15 is 0 Å². The highest BCUT2D eigenvalue weighted by molar-refractivity contribution is 5.93. The first kappa shape index (κ1) is 21.0. The third kappa shape index (κ3) is 5.28. The smallest absolute Gasteiger partial charge is 0.411 e. The van der Waals surface area contributed by atoms with Crippen molar-refractivity contribution in [1.29, 1.82) is 0 Å². The highest BCUT2D eigenvalue weighted by Gasteiger charge is 2.09. The monoisotopic (exact) mass is 428 g/mol. The predicted molar refractivity (Wildman–Crippen MR) is 126 cm³/mol. The number of methoxy groups -OCH3 is 1. The van der Waals surface area contributed by atoms with E-state index in [1.165, 1.54) is 12.7 Å². The molecule has 0 aliphatic carbocycles. The normalized spacial score (nSPS) is 10.5. The van der Waals surface area contributed by atoms with E-state index in [-0.39, 0.29) is 0 Å². The van der Waals surface area contributed by atoms with E-state index in [1.54, 1.807) is 18.3 Å². The lowest BCUT2D eigenvalue weighted by atomic mass is 10.0. The van der Waals surface area contributed by atoms with E-state index in [9.17, 15) is 4.79 Å². The van der Waals surface area contributed by atoms with Gasteiger partial charge in [0.2, 0.25) is 0 Å². The molecule has 2 aromatic carbocycles. The molecule has 0 fully saturated rings. The molecule has 0 aliphatic heterocycles. The standard InChI is InChI=1S/C24H24N6O2/c1-32-24(31)28-18-11-12-22(27-16-18)25-13-14-26-23-20-10-6-5-9-19(20)21(29-30-23)15-17-7-3-2-4-8-17/h2-12,16H,13-15H2,1H3,(H,25,27)(H,26,30)(H,28,31). The molecular weight excluding hydrogens is 404 g/mol. The molecule has 4 aromatic rings. The summed E-state index contributed by atoms with van der Waals surface area (Å²) in [4.78, 5) is 15.5. The van der Waals surface area contributed by atoms with Crippen molar-refractivity contribution in [3.63, 3.8) is 0 Å². The Morgan fingerprint density at radius 1 is 0.875 bits per heavy atom. The van der Waals surface area contributed by atoms with E-state index < -0.39 is 6.09 Å². The van der Waals surface area contributed by atoms with Crippen molar-refractivity contribution in [1.82, 2.24) is 15.2 Å². The van der Waals surface area contributed by atoms with Crippen molar-refractivity contribution in [3.8, 4) is 0 Å². The lowest BCUT2D eigenvalue weighted by Crippen LogP contribution is -2.16. The molecule has 32 heavy (non-hydrogen) atoms. The SMILES string of the molecule is COC(=O)Nc1ccc(NCCNc2nnc(Cc3ccccc3)c3ccccc23)nc1. The second-order valence-electron chi connectivity index (χ2n) is 7.11. The Hall–Kier alpha value is -4.20. The topological polar surface area (TPSA) is 101 Å². The van der Waals surface area contributed by atoms with Crippen molar-refractivity contribution in [2.45, 2.75) is 6.42 Å². The molecule has 0 spiro atoms. The number of carbonyl (C=O) groups excluding carboxylic acids is 1. The first-order valence-electron chi connectivity index (χ1n) is 10.3. The second-order valence-corrected chi connectivity index (χ2v) is 7.11. The number of benzene rings is 2. The van der Waals surface area contributed by atoms with Crippen LogP contribution in [-0.2, 0) is 11.2 Å². The average Bonchev–Trinajstić information content (AvgIpc) is 2.84. The van der Waals surface area contributed by atoms with Crippen LogP contribution in [0.1, 0.15) is 11.3 Å². The van der Waals surface area contributed by atoms with Gasteiger partial charge in [-0.25, -0.2) is 9.78 Å². The summed E-state index contributed by atoms with van der Waals surface area (Å²) in [6.07, 6.45) is 1.78. The number of anilines is 3. The van der Waals surface area contributed by atoms with Gasteiger partial charge >= 0.3 is 6.09 Å². The van der Waals surface area contributed by atoms with E-state index in [4.69, 9.17) is 0 Å². The van der Waals surface area contributed by atoms with Gasteiger partial charge in [0, 0.05) is 30.3 Å². The number of carbonyl (C=O) groups is 1. The van der Waals surface area contributed by atoms with E-state index in [2.05, 4.69) is 60.1 Å². The Labute approximate surface area is 186 Å². The van der Waals surface area contributed by atoms with Crippen LogP contribution in [-0.4, -0.2) is 41.5 Å². The Kier molecular flexibility index (Phi) is 6.72. The first-order chi connectivity index (χ1) is 15.7. The zero-order valence-corrected chi connectivity index (χ0v) is 17.7. The lowest BCUT2D eigenvalue weighted by Gasteiger charge is -2.12. The van der Waals surface area contributed by atoms with Crippen molar-refractivity contribution in [2.24, 2.45) is 0 Å². The van der Waals surface area contributed by atoms with E-state index in [0.29, 0.717) is 24.6 Å². The van der Waals surface area contributed by atoms with E-state index in [0.717, 1.165) is 28.7 Å². The van der Waals surface area contributed by atoms with E-state index in [1.807, 2.05) is 30.3 Å². The van der Waals surface area contributed by atoms with Crippen LogP contribution in [0.5, 0.6) is 0 Å². The van der Waals surface area contributed by atoms with Crippen molar-refractivity contribution >= 4 is 34.2 Å². The molecule has 0 atom stereocenters. The lowest BCUT2D eigenvalue weighted by molar-refractivity contribution is 0.187. The summed E-state index contributed by atoms with van der Waals surface area (Å²) in [5, 5.41) is 20.2. The average molecular weight is 428 g/mol. The maximum absolute atomic E-state index is 11.2. The van der Waals surface area contributed by atoms with Gasteiger partial charge in [0.05, 0.1) is 24.7 Å². The zero-order chi connectivity index (χ0) is 22.2. The van der Waals surface area contributed by atoms with Crippen LogP contribution in [0.4, 0.5) is 22.1 Å². The summed E-state index contributed by atoms with van der Waals surface area (Å²) < 4.78 is 4.56. The summed E-state index contributed by atoms with van der Waals surface area (Å²) in [5.74, 6) is 1.46. The molecule has 8 nitrogen and oxygen atoms in total. The van der Waals surface area contributed by atoms with Gasteiger partial charge in [0.15, 0.2) is 5.82 Å². The third-order valence-electron chi connectivity index (χ3n) is 4.90. The van der Waals surface area contributed by atoms with Gasteiger partial charge in [-0.05, 0) is 17.7 Å². The molecule has 3 N–H and O–H groups in total. The van der Waals surface area contributed by atoms with Crippen LogP contribution in [0, 0.1) is 0 Å². The maximum atomic E-state index is 11.2. The fraction of sp³-hybridized carbons (Fsp3) is 0.167. The van der Waals surface area contributed by atoms with Crippen molar-refractivity contribution in [2.75, 3.05) is 36.1 Å². The van der Waals surface area contributed by atoms with Crippen molar-refractivity contribution in [3.05, 3.63) is 84.2 Å². The molecule has 162 valence electrons. The minimum absolute atomic E-state index is 0.528. The van der Waals surface area contributed by atoms with Crippen LogP contribution in [0.2, 0.25) is 0 Å². The number of pyridine rings is 1. The van der Waals surface area contributed by atoms with Gasteiger partial charge in [0.1, 0.15) is 5.82 Å². The fourth-order valence-corrected chi connectivity index (χ4v) is 3.32. The summed E-state index contributed by atoms with van der Waals surface area (Å²) in [6, 6.07) is 22.0. The molecule has 4 rings (SSSR count). The molecule has 1 amide bonds. The Bertz CT molecular complexity index is 1180. The molecule has 0 unspecified atom stereocenters. The van der Waals surface area contributed by atoms with Crippen molar-refractivity contribution < 1.29 is 9.53 Å². The molecule has 0 radical (unpaired) electrons. The van der Waals surface area contributed by atoms with Crippen LogP contribution in [0.15, 0.2) is 72.9 Å². The van der Waals surface area contributed by atoms with Gasteiger partial charge in [-0.2, -0.15) is 5.10 Å². The van der Waals surface area contributed by atoms with Crippen LogP contribution < -0.4 is 16.0 Å². The predicted octanol–water partition coefficient (Wildman–Crippen LogP) is 4.32. The fourth-order valence-electron chi connectivity index (χ4n) is 3.32. The number of aromatic nitrogens is 3. The maximum Gasteiger partial charge on any atom is 0.411 e. The summed E-state index contributed by atoms with van der Waals surface area (Å²) in [6.45, 7) is 1.28. The largest absolute Gasteiger partial charge is 0.453 e. The Morgan fingerprint density at radius 3 is 2.38 bits per heavy atom. The Morgan fingerprint density at radius 2 is 1.62 bits per heavy atom. The highest BCUT2D eigenvalue weighted by atomic mass is 16.5. The number of hydrogen-bond donors (Lipinski definition) is 3. The molecule has 0 saturated carbocycles. The molecule has 0 aliphatic rings. The number of nitrogens with zero attached hydrogens (tertiary/aromatic N) is 3. The minimum atomic E-state index is -0.528. The number of fused-ring (bicyclic) bond motifs is 1. The van der Waals surface area contributed by atoms with Gasteiger partial charge < -0.3 is 15.4 Å². The quantitative estimate of drug-likeness (QED) is 0.359. The number of nitrogens with one attached hydrogen (secondary N) is 3. The number of ether oxygens (including phenoxy) is 1. The summed E-state index contributed by atoms with van der Waals surface area (Å²) in [7, 11) is 1.32.